The number of aromatic nitrogens is 1. The normalized spacial score (nSPS) is 36.4. The Bertz CT molecular complexity index is 874. The van der Waals surface area contributed by atoms with Crippen LogP contribution in [0.3, 0.4) is 0 Å². The highest BCUT2D eigenvalue weighted by atomic mass is 79.9. The van der Waals surface area contributed by atoms with Crippen molar-refractivity contribution in [3.05, 3.63) is 36.5 Å². The molecule has 3 heterocycles. The van der Waals surface area contributed by atoms with Gasteiger partial charge < -0.3 is 14.8 Å². The minimum Gasteiger partial charge on any atom is -0.480 e. The van der Waals surface area contributed by atoms with Crippen molar-refractivity contribution in [3.8, 4) is 0 Å². The topological polar surface area (TPSA) is 65.7 Å². The van der Waals surface area contributed by atoms with Crippen molar-refractivity contribution in [1.29, 1.82) is 0 Å². The molecule has 5 unspecified atom stereocenters. The first kappa shape index (κ1) is 19.2. The van der Waals surface area contributed by atoms with Gasteiger partial charge in [0, 0.05) is 41.6 Å². The van der Waals surface area contributed by atoms with Gasteiger partial charge in [-0.3, -0.25) is 9.69 Å². The van der Waals surface area contributed by atoms with Gasteiger partial charge in [0.05, 0.1) is 12.1 Å². The molecule has 2 saturated heterocycles. The summed E-state index contributed by atoms with van der Waals surface area (Å²) in [6, 6.07) is 9.66. The maximum Gasteiger partial charge on any atom is 0.326 e. The summed E-state index contributed by atoms with van der Waals surface area (Å²) in [6.45, 7) is 4.14. The lowest BCUT2D eigenvalue weighted by molar-refractivity contribution is -0.162. The Balaban J connectivity index is 1.63. The molecule has 1 aliphatic carbocycles. The number of aliphatic hydroxyl groups is 1. The minimum absolute atomic E-state index is 0.144. The lowest BCUT2D eigenvalue weighted by atomic mass is 9.60. The van der Waals surface area contributed by atoms with E-state index in [-0.39, 0.29) is 10.2 Å². The molecule has 7 heteroatoms. The summed E-state index contributed by atoms with van der Waals surface area (Å²) >= 11 is 10.3. The Labute approximate surface area is 172 Å². The van der Waals surface area contributed by atoms with Crippen molar-refractivity contribution < 1.29 is 15.0 Å². The van der Waals surface area contributed by atoms with Crippen molar-refractivity contribution in [2.24, 2.45) is 5.41 Å². The number of hydrogen-bond donors (Lipinski definition) is 2. The zero-order valence-corrected chi connectivity index (χ0v) is 17.5. The number of aliphatic hydroxyl groups excluding tert-OH is 1. The van der Waals surface area contributed by atoms with Crippen LogP contribution in [0.15, 0.2) is 36.5 Å². The van der Waals surface area contributed by atoms with E-state index in [0.29, 0.717) is 13.0 Å². The van der Waals surface area contributed by atoms with E-state index in [1.54, 1.807) is 0 Å². The van der Waals surface area contributed by atoms with E-state index >= 15 is 0 Å². The Hall–Kier alpha value is -1.08. The Morgan fingerprint density at radius 3 is 2.78 bits per heavy atom. The third-order valence-corrected chi connectivity index (χ3v) is 8.60. The fourth-order valence-corrected chi connectivity index (χ4v) is 6.54. The molecular formula is C20H24BrClN2O3. The monoisotopic (exact) mass is 454 g/mol. The predicted molar refractivity (Wildman–Crippen MR) is 110 cm³/mol. The van der Waals surface area contributed by atoms with Gasteiger partial charge in [0.1, 0.15) is 0 Å². The van der Waals surface area contributed by atoms with Gasteiger partial charge in [-0.1, -0.05) is 41.1 Å². The van der Waals surface area contributed by atoms with Crippen LogP contribution in [0.5, 0.6) is 0 Å². The van der Waals surface area contributed by atoms with Crippen LogP contribution < -0.4 is 0 Å². The maximum atomic E-state index is 12.0. The second kappa shape index (κ2) is 6.76. The van der Waals surface area contributed by atoms with Gasteiger partial charge in [0.15, 0.2) is 4.87 Å². The van der Waals surface area contributed by atoms with Gasteiger partial charge in [0.2, 0.25) is 0 Å². The molecule has 3 fully saturated rings. The van der Waals surface area contributed by atoms with Crippen LogP contribution in [0.4, 0.5) is 0 Å². The Kier molecular flexibility index (Phi) is 4.82. The van der Waals surface area contributed by atoms with Gasteiger partial charge in [-0.25, -0.2) is 0 Å². The van der Waals surface area contributed by atoms with Gasteiger partial charge >= 0.3 is 5.97 Å². The number of carboxylic acid groups (broad SMARTS) is 1. The van der Waals surface area contributed by atoms with Crippen LogP contribution in [-0.4, -0.2) is 60.6 Å². The quantitative estimate of drug-likeness (QED) is 0.679. The molecule has 2 aliphatic heterocycles. The van der Waals surface area contributed by atoms with Crippen LogP contribution in [-0.2, 0) is 11.3 Å². The SMILES string of the molecule is CCC12CN(CCn3ccc4ccccc43)C(C(O)C1Br)C(Cl)(C(=O)O)C2. The maximum absolute atomic E-state index is 12.0. The molecular weight excluding hydrogens is 432 g/mol. The summed E-state index contributed by atoms with van der Waals surface area (Å²) in [5.41, 5.74) is 0.798. The fourth-order valence-electron chi connectivity index (χ4n) is 5.08. The standard InChI is InChI=1S/C20H24BrClN2O3/c1-2-19-11-20(22,18(26)27)17(15(25)16(19)21)24(12-19)10-9-23-8-7-13-5-3-4-6-14(13)23/h3-8,15-17,25H,2,9-12H2,1H3,(H,26,27). The average Bonchev–Trinajstić information content (AvgIpc) is 3.07. The lowest BCUT2D eigenvalue weighted by Crippen LogP contribution is -2.76. The van der Waals surface area contributed by atoms with Gasteiger partial charge in [-0.2, -0.15) is 0 Å². The summed E-state index contributed by atoms with van der Waals surface area (Å²) in [5.74, 6) is -1.04. The van der Waals surface area contributed by atoms with Crippen molar-refractivity contribution in [1.82, 2.24) is 9.47 Å². The molecule has 3 aliphatic rings. The molecule has 146 valence electrons. The van der Waals surface area contributed by atoms with E-state index in [2.05, 4.69) is 49.8 Å². The molecule has 2 bridgehead atoms. The number of carboxylic acids is 1. The molecule has 0 amide bonds. The minimum atomic E-state index is -1.46. The molecule has 0 spiro atoms. The third kappa shape index (κ3) is 2.84. The summed E-state index contributed by atoms with van der Waals surface area (Å²) in [7, 11) is 0. The molecule has 1 saturated carbocycles. The summed E-state index contributed by atoms with van der Waals surface area (Å²) in [6.07, 6.45) is 2.37. The number of fused-ring (bicyclic) bond motifs is 4. The number of hydrogen-bond acceptors (Lipinski definition) is 3. The van der Waals surface area contributed by atoms with E-state index in [0.717, 1.165) is 25.0 Å². The summed E-state index contributed by atoms with van der Waals surface area (Å²) < 4.78 is 2.17. The molecule has 1 aromatic carbocycles. The molecule has 0 radical (unpaired) electrons. The molecule has 5 nitrogen and oxygen atoms in total. The van der Waals surface area contributed by atoms with E-state index < -0.39 is 23.0 Å². The van der Waals surface area contributed by atoms with E-state index in [4.69, 9.17) is 11.6 Å². The van der Waals surface area contributed by atoms with Crippen molar-refractivity contribution >= 4 is 44.4 Å². The first-order chi connectivity index (χ1) is 12.8. The fraction of sp³-hybridized carbons (Fsp3) is 0.550. The van der Waals surface area contributed by atoms with Gasteiger partial charge in [-0.15, -0.1) is 11.6 Å². The van der Waals surface area contributed by atoms with Crippen molar-refractivity contribution in [2.75, 3.05) is 13.1 Å². The second-order valence-corrected chi connectivity index (χ2v) is 9.60. The average molecular weight is 456 g/mol. The van der Waals surface area contributed by atoms with Crippen LogP contribution in [0.2, 0.25) is 0 Å². The number of nitrogens with zero attached hydrogens (tertiary/aromatic N) is 2. The largest absolute Gasteiger partial charge is 0.480 e. The van der Waals surface area contributed by atoms with Crippen molar-refractivity contribution in [2.45, 2.75) is 48.2 Å². The number of aliphatic carboxylic acids is 1. The first-order valence-corrected chi connectivity index (χ1v) is 10.6. The number of piperidine rings is 2. The molecule has 27 heavy (non-hydrogen) atoms. The lowest BCUT2D eigenvalue weighted by Gasteiger charge is -2.62. The van der Waals surface area contributed by atoms with E-state index in [1.807, 2.05) is 19.1 Å². The first-order valence-electron chi connectivity index (χ1n) is 9.35. The van der Waals surface area contributed by atoms with Gasteiger partial charge in [-0.05, 0) is 30.4 Å². The molecule has 2 aromatic rings. The number of rotatable bonds is 5. The number of alkyl halides is 2. The highest BCUT2D eigenvalue weighted by molar-refractivity contribution is 9.09. The Morgan fingerprint density at radius 1 is 1.33 bits per heavy atom. The molecule has 1 aromatic heterocycles. The van der Waals surface area contributed by atoms with Crippen molar-refractivity contribution in [3.63, 3.8) is 0 Å². The molecule has 5 rings (SSSR count). The smallest absolute Gasteiger partial charge is 0.326 e. The number of carbonyl (C=O) groups is 1. The summed E-state index contributed by atoms with van der Waals surface area (Å²) in [5, 5.41) is 21.9. The summed E-state index contributed by atoms with van der Waals surface area (Å²) in [4.78, 5) is 12.5. The van der Waals surface area contributed by atoms with E-state index in [9.17, 15) is 15.0 Å². The number of halogens is 2. The van der Waals surface area contributed by atoms with Crippen LogP contribution in [0.25, 0.3) is 10.9 Å². The van der Waals surface area contributed by atoms with E-state index in [1.165, 1.54) is 5.39 Å². The van der Waals surface area contributed by atoms with Crippen LogP contribution >= 0.6 is 27.5 Å². The highest BCUT2D eigenvalue weighted by Gasteiger charge is 2.67. The third-order valence-electron chi connectivity index (χ3n) is 6.57. The molecule has 2 N–H and O–H groups in total. The van der Waals surface area contributed by atoms with Crippen LogP contribution in [0.1, 0.15) is 19.8 Å². The number of para-hydroxylation sites is 1. The van der Waals surface area contributed by atoms with Crippen LogP contribution in [0, 0.1) is 5.41 Å². The number of benzene rings is 1. The molecule has 5 atom stereocenters. The predicted octanol–water partition coefficient (Wildman–Crippen LogP) is 3.31. The zero-order chi connectivity index (χ0) is 19.4. The zero-order valence-electron chi connectivity index (χ0n) is 15.2. The van der Waals surface area contributed by atoms with Gasteiger partial charge in [0.25, 0.3) is 0 Å². The highest BCUT2D eigenvalue weighted by Crippen LogP contribution is 2.56. The Morgan fingerprint density at radius 2 is 2.07 bits per heavy atom. The second-order valence-electron chi connectivity index (χ2n) is 7.94.